The van der Waals surface area contributed by atoms with Crippen molar-refractivity contribution in [2.24, 2.45) is 5.92 Å². The molecule has 1 aromatic heterocycles. The second kappa shape index (κ2) is 8.07. The molecule has 134 valence electrons. The molecule has 3 rings (SSSR count). The van der Waals surface area contributed by atoms with Crippen LogP contribution in [-0.4, -0.2) is 51.3 Å². The molecule has 1 saturated heterocycles. The summed E-state index contributed by atoms with van der Waals surface area (Å²) in [5, 5.41) is 17.1. The summed E-state index contributed by atoms with van der Waals surface area (Å²) < 4.78 is 5.26. The number of aryl methyl sites for hydroxylation is 1. The number of piperidine rings is 1. The third kappa shape index (κ3) is 4.77. The summed E-state index contributed by atoms with van der Waals surface area (Å²) in [5.74, 6) is 1.29. The van der Waals surface area contributed by atoms with Crippen LogP contribution in [0.2, 0.25) is 0 Å². The second-order valence-corrected chi connectivity index (χ2v) is 7.05. The Labute approximate surface area is 142 Å². The van der Waals surface area contributed by atoms with Gasteiger partial charge in [-0.3, -0.25) is 9.69 Å². The number of unbranched alkanes of at least 4 members (excludes halogenated alkanes) is 1. The van der Waals surface area contributed by atoms with Gasteiger partial charge in [0.2, 0.25) is 11.8 Å². The van der Waals surface area contributed by atoms with Crippen molar-refractivity contribution in [3.8, 4) is 0 Å². The van der Waals surface area contributed by atoms with E-state index in [2.05, 4.69) is 27.3 Å². The molecule has 2 aliphatic rings. The SMILES string of the molecule is CCCCc1nc(CN2CCC([C@@H](O)C(=O)NC3CC3)CC2)no1. The molecule has 1 aromatic rings. The standard InChI is InChI=1S/C17H28N4O3/c1-2-3-4-15-19-14(20-24-15)11-21-9-7-12(8-10-21)16(22)17(23)18-13-5-6-13/h12-13,16,22H,2-11H2,1H3,(H,18,23)/t16-/m1/s1. The number of likely N-dealkylation sites (tertiary alicyclic amines) is 1. The van der Waals surface area contributed by atoms with Crippen molar-refractivity contribution in [3.05, 3.63) is 11.7 Å². The molecular weight excluding hydrogens is 308 g/mol. The van der Waals surface area contributed by atoms with Crippen molar-refractivity contribution in [3.63, 3.8) is 0 Å². The number of carbonyl (C=O) groups excluding carboxylic acids is 1. The maximum Gasteiger partial charge on any atom is 0.249 e. The van der Waals surface area contributed by atoms with Gasteiger partial charge in [-0.25, -0.2) is 0 Å². The van der Waals surface area contributed by atoms with E-state index in [4.69, 9.17) is 4.52 Å². The van der Waals surface area contributed by atoms with Gasteiger partial charge in [-0.2, -0.15) is 4.98 Å². The lowest BCUT2D eigenvalue weighted by Gasteiger charge is -2.33. The van der Waals surface area contributed by atoms with E-state index in [0.29, 0.717) is 18.5 Å². The largest absolute Gasteiger partial charge is 0.383 e. The van der Waals surface area contributed by atoms with Crippen molar-refractivity contribution < 1.29 is 14.4 Å². The molecule has 24 heavy (non-hydrogen) atoms. The summed E-state index contributed by atoms with van der Waals surface area (Å²) in [6, 6.07) is 0.299. The number of rotatable bonds is 8. The second-order valence-electron chi connectivity index (χ2n) is 7.05. The van der Waals surface area contributed by atoms with Gasteiger partial charge in [-0.1, -0.05) is 18.5 Å². The molecule has 1 atom stereocenters. The third-order valence-electron chi connectivity index (χ3n) is 4.89. The van der Waals surface area contributed by atoms with Gasteiger partial charge in [-0.05, 0) is 51.1 Å². The molecule has 2 heterocycles. The van der Waals surface area contributed by atoms with E-state index in [1.807, 2.05) is 0 Å². The molecule has 1 saturated carbocycles. The van der Waals surface area contributed by atoms with Gasteiger partial charge in [0.1, 0.15) is 6.10 Å². The van der Waals surface area contributed by atoms with Crippen LogP contribution < -0.4 is 5.32 Å². The number of nitrogens with zero attached hydrogens (tertiary/aromatic N) is 3. The highest BCUT2D eigenvalue weighted by molar-refractivity contribution is 5.81. The summed E-state index contributed by atoms with van der Waals surface area (Å²) in [5.41, 5.74) is 0. The molecule has 0 radical (unpaired) electrons. The fraction of sp³-hybridized carbons (Fsp3) is 0.824. The highest BCUT2D eigenvalue weighted by Crippen LogP contribution is 2.24. The normalized spacial score (nSPS) is 20.9. The van der Waals surface area contributed by atoms with E-state index in [1.165, 1.54) is 0 Å². The van der Waals surface area contributed by atoms with E-state index >= 15 is 0 Å². The number of aliphatic hydroxyl groups is 1. The minimum Gasteiger partial charge on any atom is -0.383 e. The first kappa shape index (κ1) is 17.4. The lowest BCUT2D eigenvalue weighted by atomic mass is 9.90. The Bertz CT molecular complexity index is 536. The lowest BCUT2D eigenvalue weighted by molar-refractivity contribution is -0.133. The number of aliphatic hydroxyl groups excluding tert-OH is 1. The topological polar surface area (TPSA) is 91.5 Å². The van der Waals surface area contributed by atoms with Gasteiger partial charge < -0.3 is 14.9 Å². The zero-order valence-electron chi connectivity index (χ0n) is 14.4. The molecule has 0 aromatic carbocycles. The van der Waals surface area contributed by atoms with Crippen molar-refractivity contribution in [1.29, 1.82) is 0 Å². The first-order valence-corrected chi connectivity index (χ1v) is 9.18. The van der Waals surface area contributed by atoms with Crippen LogP contribution in [0.25, 0.3) is 0 Å². The molecule has 0 unspecified atom stereocenters. The Morgan fingerprint density at radius 1 is 1.38 bits per heavy atom. The zero-order chi connectivity index (χ0) is 16.9. The van der Waals surface area contributed by atoms with Gasteiger partial charge in [0.05, 0.1) is 6.54 Å². The Morgan fingerprint density at radius 3 is 2.79 bits per heavy atom. The van der Waals surface area contributed by atoms with Crippen LogP contribution in [0.1, 0.15) is 57.2 Å². The summed E-state index contributed by atoms with van der Waals surface area (Å²) >= 11 is 0. The predicted octanol–water partition coefficient (Wildman–Crippen LogP) is 1.26. The minimum atomic E-state index is -0.876. The smallest absolute Gasteiger partial charge is 0.249 e. The molecule has 1 aliphatic heterocycles. The quantitative estimate of drug-likeness (QED) is 0.743. The van der Waals surface area contributed by atoms with E-state index in [-0.39, 0.29) is 11.8 Å². The van der Waals surface area contributed by atoms with E-state index < -0.39 is 6.10 Å². The summed E-state index contributed by atoms with van der Waals surface area (Å²) in [4.78, 5) is 18.6. The highest BCUT2D eigenvalue weighted by Gasteiger charge is 2.33. The Balaban J connectivity index is 1.41. The van der Waals surface area contributed by atoms with Gasteiger partial charge in [0, 0.05) is 12.5 Å². The van der Waals surface area contributed by atoms with Crippen LogP contribution in [0.5, 0.6) is 0 Å². The van der Waals surface area contributed by atoms with Gasteiger partial charge in [-0.15, -0.1) is 0 Å². The number of hydrogen-bond donors (Lipinski definition) is 2. The third-order valence-corrected chi connectivity index (χ3v) is 4.89. The monoisotopic (exact) mass is 336 g/mol. The average Bonchev–Trinajstić information content (AvgIpc) is 3.30. The van der Waals surface area contributed by atoms with Crippen LogP contribution in [0.3, 0.4) is 0 Å². The van der Waals surface area contributed by atoms with E-state index in [1.54, 1.807) is 0 Å². The van der Waals surface area contributed by atoms with Crippen LogP contribution in [0, 0.1) is 5.92 Å². The van der Waals surface area contributed by atoms with E-state index in [0.717, 1.165) is 63.9 Å². The van der Waals surface area contributed by atoms with Crippen LogP contribution in [0.4, 0.5) is 0 Å². The summed E-state index contributed by atoms with van der Waals surface area (Å²) in [7, 11) is 0. The molecule has 2 fully saturated rings. The molecule has 2 N–H and O–H groups in total. The fourth-order valence-electron chi connectivity index (χ4n) is 3.14. The Kier molecular flexibility index (Phi) is 5.84. The van der Waals surface area contributed by atoms with Crippen LogP contribution in [0.15, 0.2) is 4.52 Å². The molecule has 0 bridgehead atoms. The molecular formula is C17H28N4O3. The number of aromatic nitrogens is 2. The Morgan fingerprint density at radius 2 is 2.12 bits per heavy atom. The van der Waals surface area contributed by atoms with Gasteiger partial charge in [0.25, 0.3) is 0 Å². The van der Waals surface area contributed by atoms with Crippen molar-refractivity contribution in [1.82, 2.24) is 20.4 Å². The minimum absolute atomic E-state index is 0.0467. The number of amides is 1. The number of nitrogens with one attached hydrogen (secondary N) is 1. The fourth-order valence-corrected chi connectivity index (χ4v) is 3.14. The zero-order valence-corrected chi connectivity index (χ0v) is 14.4. The lowest BCUT2D eigenvalue weighted by Crippen LogP contribution is -2.45. The van der Waals surface area contributed by atoms with Crippen LogP contribution >= 0.6 is 0 Å². The highest BCUT2D eigenvalue weighted by atomic mass is 16.5. The van der Waals surface area contributed by atoms with Crippen molar-refractivity contribution in [2.45, 2.75) is 70.6 Å². The first-order chi connectivity index (χ1) is 11.7. The van der Waals surface area contributed by atoms with E-state index in [9.17, 15) is 9.90 Å². The van der Waals surface area contributed by atoms with Gasteiger partial charge in [0.15, 0.2) is 5.82 Å². The maximum absolute atomic E-state index is 11.9. The van der Waals surface area contributed by atoms with Gasteiger partial charge >= 0.3 is 0 Å². The summed E-state index contributed by atoms with van der Waals surface area (Å²) in [6.45, 7) is 4.50. The Hall–Kier alpha value is -1.47. The van der Waals surface area contributed by atoms with Crippen LogP contribution in [-0.2, 0) is 17.8 Å². The number of carbonyl (C=O) groups is 1. The predicted molar refractivity (Wildman–Crippen MR) is 88.1 cm³/mol. The van der Waals surface area contributed by atoms with Crippen molar-refractivity contribution >= 4 is 5.91 Å². The maximum atomic E-state index is 11.9. The van der Waals surface area contributed by atoms with Crippen molar-refractivity contribution in [2.75, 3.05) is 13.1 Å². The number of hydrogen-bond acceptors (Lipinski definition) is 6. The molecule has 1 amide bonds. The first-order valence-electron chi connectivity index (χ1n) is 9.18. The molecule has 0 spiro atoms. The molecule has 1 aliphatic carbocycles. The average molecular weight is 336 g/mol. The summed E-state index contributed by atoms with van der Waals surface area (Å²) in [6.07, 6.45) is 5.87. The molecule has 7 heteroatoms. The molecule has 7 nitrogen and oxygen atoms in total.